The third kappa shape index (κ3) is 4.51. The number of anilines is 1. The molecule has 16 heavy (non-hydrogen) atoms. The fourth-order valence-electron chi connectivity index (χ4n) is 0.979. The molecule has 0 aliphatic carbocycles. The number of amides is 1. The van der Waals surface area contributed by atoms with Gasteiger partial charge in [-0.3, -0.25) is 10.2 Å². The summed E-state index contributed by atoms with van der Waals surface area (Å²) in [5.74, 6) is -0.000714. The van der Waals surface area contributed by atoms with Crippen LogP contribution in [0.25, 0.3) is 0 Å². The van der Waals surface area contributed by atoms with Gasteiger partial charge < -0.3 is 0 Å². The smallest absolute Gasteiger partial charge is 0.297 e. The summed E-state index contributed by atoms with van der Waals surface area (Å²) in [5.41, 5.74) is 1.65. The second kappa shape index (κ2) is 6.35. The topological polar surface area (TPSA) is 50.7 Å². The summed E-state index contributed by atoms with van der Waals surface area (Å²) in [5, 5.41) is 5.81. The van der Waals surface area contributed by atoms with Crippen molar-refractivity contribution in [2.45, 2.75) is 6.92 Å². The van der Waals surface area contributed by atoms with Gasteiger partial charge in [-0.2, -0.15) is 0 Å². The van der Waals surface area contributed by atoms with Crippen molar-refractivity contribution in [1.29, 1.82) is 0 Å². The maximum atomic E-state index is 11.2. The van der Waals surface area contributed by atoms with Crippen molar-refractivity contribution in [2.24, 2.45) is 5.16 Å². The van der Waals surface area contributed by atoms with E-state index in [4.69, 9.17) is 23.2 Å². The van der Waals surface area contributed by atoms with Gasteiger partial charge in [-0.25, -0.2) is 4.79 Å². The molecule has 0 radical (unpaired) electrons. The highest BCUT2D eigenvalue weighted by atomic mass is 35.5. The van der Waals surface area contributed by atoms with E-state index < -0.39 is 6.09 Å². The molecule has 0 aliphatic heterocycles. The molecule has 0 spiro atoms. The normalized spacial score (nSPS) is 11.1. The number of rotatable bonds is 3. The van der Waals surface area contributed by atoms with Gasteiger partial charge in [-0.15, -0.1) is 11.6 Å². The van der Waals surface area contributed by atoms with Crippen LogP contribution < -0.4 is 5.32 Å². The molecule has 1 N–H and O–H groups in total. The van der Waals surface area contributed by atoms with Crippen molar-refractivity contribution in [1.82, 2.24) is 0 Å². The number of hydrogen-bond acceptors (Lipinski definition) is 3. The molecule has 1 aromatic rings. The van der Waals surface area contributed by atoms with E-state index in [1.54, 1.807) is 12.1 Å². The van der Waals surface area contributed by atoms with Crippen LogP contribution in [0.4, 0.5) is 10.5 Å². The average molecular weight is 261 g/mol. The Morgan fingerprint density at radius 2 is 2.31 bits per heavy atom. The highest BCUT2D eigenvalue weighted by molar-refractivity contribution is 6.69. The summed E-state index contributed by atoms with van der Waals surface area (Å²) in [6.07, 6.45) is -0.714. The van der Waals surface area contributed by atoms with Gasteiger partial charge in [0, 0.05) is 5.69 Å². The van der Waals surface area contributed by atoms with Crippen LogP contribution >= 0.6 is 23.2 Å². The third-order valence-corrected chi connectivity index (χ3v) is 2.19. The number of benzene rings is 1. The molecule has 86 valence electrons. The van der Waals surface area contributed by atoms with Gasteiger partial charge in [-0.1, -0.05) is 28.9 Å². The molecular formula is C10H10Cl2N2O2. The molecular weight excluding hydrogens is 251 g/mol. The van der Waals surface area contributed by atoms with Crippen LogP contribution in [0.1, 0.15) is 5.56 Å². The fraction of sp³-hybridized carbons (Fsp3) is 0.200. The van der Waals surface area contributed by atoms with Crippen molar-refractivity contribution in [2.75, 3.05) is 11.2 Å². The SMILES string of the molecule is Cc1cccc(NC(=O)O/N=C(\Cl)CCl)c1. The first kappa shape index (κ1) is 12.8. The largest absolute Gasteiger partial charge is 0.437 e. The molecule has 0 bridgehead atoms. The zero-order valence-corrected chi connectivity index (χ0v) is 10.0. The standard InChI is InChI=1S/C10H10Cl2N2O2/c1-7-3-2-4-8(5-7)13-10(15)16-14-9(12)6-11/h2-5H,6H2,1H3,(H,13,15)/b14-9-. The molecule has 0 fully saturated rings. The monoisotopic (exact) mass is 260 g/mol. The molecule has 1 aromatic carbocycles. The molecule has 0 aromatic heterocycles. The van der Waals surface area contributed by atoms with Gasteiger partial charge in [0.05, 0.1) is 5.88 Å². The van der Waals surface area contributed by atoms with Gasteiger partial charge in [0.25, 0.3) is 0 Å². The summed E-state index contributed by atoms with van der Waals surface area (Å²) in [6.45, 7) is 1.92. The van der Waals surface area contributed by atoms with Gasteiger partial charge in [0.1, 0.15) is 0 Å². The number of halogens is 2. The molecule has 1 amide bonds. The molecule has 6 heteroatoms. The van der Waals surface area contributed by atoms with E-state index in [1.165, 1.54) is 0 Å². The first-order valence-corrected chi connectivity index (χ1v) is 5.36. The molecule has 0 saturated carbocycles. The van der Waals surface area contributed by atoms with E-state index in [9.17, 15) is 4.79 Å². The Balaban J connectivity index is 2.52. The second-order valence-corrected chi connectivity index (χ2v) is 3.68. The highest BCUT2D eigenvalue weighted by Crippen LogP contribution is 2.09. The minimum absolute atomic E-state index is 0.000714. The van der Waals surface area contributed by atoms with Crippen molar-refractivity contribution in [3.05, 3.63) is 29.8 Å². The lowest BCUT2D eigenvalue weighted by Crippen LogP contribution is -2.11. The van der Waals surface area contributed by atoms with Crippen molar-refractivity contribution in [3.63, 3.8) is 0 Å². The van der Waals surface area contributed by atoms with Gasteiger partial charge in [0.15, 0.2) is 5.17 Å². The Labute approximate surface area is 103 Å². The molecule has 0 unspecified atom stereocenters. The Bertz CT molecular complexity index is 408. The number of alkyl halides is 1. The Morgan fingerprint density at radius 3 is 2.94 bits per heavy atom. The van der Waals surface area contributed by atoms with E-state index in [0.717, 1.165) is 5.56 Å². The van der Waals surface area contributed by atoms with Crippen molar-refractivity contribution in [3.8, 4) is 0 Å². The van der Waals surface area contributed by atoms with Crippen LogP contribution in [-0.4, -0.2) is 17.1 Å². The van der Waals surface area contributed by atoms with Crippen LogP contribution in [0.2, 0.25) is 0 Å². The van der Waals surface area contributed by atoms with Crippen LogP contribution in [0, 0.1) is 6.92 Å². The number of carbonyl (C=O) groups excluding carboxylic acids is 1. The summed E-state index contributed by atoms with van der Waals surface area (Å²) < 4.78 is 0. The van der Waals surface area contributed by atoms with Gasteiger partial charge >= 0.3 is 6.09 Å². The van der Waals surface area contributed by atoms with Crippen molar-refractivity contribution >= 4 is 40.2 Å². The first-order valence-electron chi connectivity index (χ1n) is 4.45. The number of nitrogens with zero attached hydrogens (tertiary/aromatic N) is 1. The van der Waals surface area contributed by atoms with Crippen LogP contribution in [0.15, 0.2) is 29.4 Å². The van der Waals surface area contributed by atoms with E-state index in [1.807, 2.05) is 19.1 Å². The number of oxime groups is 1. The minimum Gasteiger partial charge on any atom is -0.297 e. The average Bonchev–Trinajstić information content (AvgIpc) is 2.26. The quantitative estimate of drug-likeness (QED) is 0.392. The zero-order chi connectivity index (χ0) is 12.0. The molecule has 0 aliphatic rings. The van der Waals surface area contributed by atoms with Crippen LogP contribution in [0.3, 0.4) is 0 Å². The lowest BCUT2D eigenvalue weighted by molar-refractivity contribution is 0.167. The van der Waals surface area contributed by atoms with Crippen molar-refractivity contribution < 1.29 is 9.63 Å². The minimum atomic E-state index is -0.714. The fourth-order valence-corrected chi connectivity index (χ4v) is 1.06. The second-order valence-electron chi connectivity index (χ2n) is 2.97. The van der Waals surface area contributed by atoms with Gasteiger partial charge in [0.2, 0.25) is 0 Å². The summed E-state index contributed by atoms with van der Waals surface area (Å²) in [7, 11) is 0. The first-order chi connectivity index (χ1) is 7.61. The molecule has 0 heterocycles. The van der Waals surface area contributed by atoms with Gasteiger partial charge in [-0.05, 0) is 24.6 Å². The van der Waals surface area contributed by atoms with E-state index >= 15 is 0 Å². The molecule has 1 rings (SSSR count). The summed E-state index contributed by atoms with van der Waals surface area (Å²) in [6, 6.07) is 7.27. The summed E-state index contributed by atoms with van der Waals surface area (Å²) >= 11 is 10.8. The molecule has 0 atom stereocenters. The van der Waals surface area contributed by atoms with Crippen LogP contribution in [-0.2, 0) is 4.84 Å². The number of nitrogens with one attached hydrogen (secondary N) is 1. The Kier molecular flexibility index (Phi) is 5.08. The Morgan fingerprint density at radius 1 is 1.56 bits per heavy atom. The lowest BCUT2D eigenvalue weighted by Gasteiger charge is -2.03. The molecule has 4 nitrogen and oxygen atoms in total. The maximum Gasteiger partial charge on any atom is 0.437 e. The van der Waals surface area contributed by atoms with E-state index in [2.05, 4.69) is 15.3 Å². The predicted octanol–water partition coefficient (Wildman–Crippen LogP) is 3.33. The third-order valence-electron chi connectivity index (χ3n) is 1.60. The number of hydrogen-bond donors (Lipinski definition) is 1. The van der Waals surface area contributed by atoms with E-state index in [0.29, 0.717) is 5.69 Å². The summed E-state index contributed by atoms with van der Waals surface area (Å²) in [4.78, 5) is 15.7. The number of carbonyl (C=O) groups is 1. The van der Waals surface area contributed by atoms with Crippen LogP contribution in [0.5, 0.6) is 0 Å². The van der Waals surface area contributed by atoms with E-state index in [-0.39, 0.29) is 11.1 Å². The molecule has 0 saturated heterocycles. The predicted molar refractivity (Wildman–Crippen MR) is 65.3 cm³/mol. The lowest BCUT2D eigenvalue weighted by atomic mass is 10.2. The zero-order valence-electron chi connectivity index (χ0n) is 8.54. The Hall–Kier alpha value is -1.26. The maximum absolute atomic E-state index is 11.2. The number of aryl methyl sites for hydroxylation is 1. The highest BCUT2D eigenvalue weighted by Gasteiger charge is 2.03.